The minimum atomic E-state index is -0.301. The molecule has 0 aromatic heterocycles. The van der Waals surface area contributed by atoms with Crippen LogP contribution in [0.25, 0.3) is 0 Å². The van der Waals surface area contributed by atoms with Gasteiger partial charge in [-0.25, -0.2) is 0 Å². The molecule has 1 radical (unpaired) electrons. The molecule has 0 aromatic rings. The Bertz CT molecular complexity index is 48.1. The zero-order chi connectivity index (χ0) is 4.99. The third-order valence-electron chi connectivity index (χ3n) is 0.367. The number of carbonyl (C=O) groups excluding carboxylic acids is 1. The van der Waals surface area contributed by atoms with E-state index in [4.69, 9.17) is 5.73 Å². The minimum absolute atomic E-state index is 0.301. The van der Waals surface area contributed by atoms with Gasteiger partial charge in [-0.3, -0.25) is 0 Å². The van der Waals surface area contributed by atoms with Crippen molar-refractivity contribution in [3.63, 3.8) is 0 Å². The van der Waals surface area contributed by atoms with Gasteiger partial charge in [-0.05, 0) is 0 Å². The van der Waals surface area contributed by atoms with E-state index in [0.29, 0.717) is 5.32 Å². The molecule has 6 heavy (non-hydrogen) atoms. The van der Waals surface area contributed by atoms with E-state index in [9.17, 15) is 4.79 Å². The van der Waals surface area contributed by atoms with Crippen molar-refractivity contribution in [3.8, 4) is 0 Å². The Morgan fingerprint density at radius 2 is 2.50 bits per heavy atom. The van der Waals surface area contributed by atoms with E-state index < -0.39 is 0 Å². The molecule has 0 amide bonds. The van der Waals surface area contributed by atoms with Crippen LogP contribution in [-0.4, -0.2) is 28.3 Å². The Labute approximate surface area is 44.9 Å². The van der Waals surface area contributed by atoms with Crippen LogP contribution >= 0.6 is 0 Å². The molecule has 2 nitrogen and oxygen atoms in total. The maximum atomic E-state index is 9.59. The Balaban J connectivity index is 2.96. The van der Waals surface area contributed by atoms with Crippen molar-refractivity contribution in [1.29, 1.82) is 0 Å². The van der Waals surface area contributed by atoms with Crippen LogP contribution < -0.4 is 5.73 Å². The van der Waals surface area contributed by atoms with Gasteiger partial charge in [-0.15, -0.1) is 0 Å². The van der Waals surface area contributed by atoms with Gasteiger partial charge in [0, 0.05) is 0 Å². The van der Waals surface area contributed by atoms with Gasteiger partial charge < -0.3 is 0 Å². The molecule has 0 bridgehead atoms. The third-order valence-corrected chi connectivity index (χ3v) is 1.17. The molecule has 0 saturated heterocycles. The van der Waals surface area contributed by atoms with Crippen molar-refractivity contribution in [3.05, 3.63) is 0 Å². The van der Waals surface area contributed by atoms with Crippen LogP contribution in [0.5, 0.6) is 0 Å². The van der Waals surface area contributed by atoms with E-state index in [1.807, 2.05) is 0 Å². The molecule has 1 atom stereocenters. The number of nitrogens with two attached hydrogens (primary N) is 1. The van der Waals surface area contributed by atoms with Gasteiger partial charge in [-0.1, -0.05) is 0 Å². The van der Waals surface area contributed by atoms with Gasteiger partial charge in [0.25, 0.3) is 0 Å². The summed E-state index contributed by atoms with van der Waals surface area (Å²) in [7, 11) is 0. The van der Waals surface area contributed by atoms with Crippen LogP contribution in [0.3, 0.4) is 0 Å². The van der Waals surface area contributed by atoms with Crippen molar-refractivity contribution in [2.75, 3.05) is 0 Å². The first-order chi connectivity index (χ1) is 2.81. The molecule has 0 aliphatic heterocycles. The first kappa shape index (κ1) is 6.15. The van der Waals surface area contributed by atoms with E-state index in [-0.39, 0.29) is 6.04 Å². The summed E-state index contributed by atoms with van der Waals surface area (Å²) in [5, 5.41) is 0.615. The predicted octanol–water partition coefficient (Wildman–Crippen LogP) is -0.901. The van der Waals surface area contributed by atoms with Crippen molar-refractivity contribution in [2.24, 2.45) is 5.73 Å². The van der Waals surface area contributed by atoms with Crippen molar-refractivity contribution in [1.82, 2.24) is 0 Å². The van der Waals surface area contributed by atoms with Crippen molar-refractivity contribution >= 4 is 22.3 Å². The third kappa shape index (κ3) is 2.39. The second-order valence-electron chi connectivity index (χ2n) is 0.967. The van der Waals surface area contributed by atoms with Crippen LogP contribution in [0.1, 0.15) is 0 Å². The Morgan fingerprint density at radius 3 is 2.50 bits per heavy atom. The zero-order valence-corrected chi connectivity index (χ0v) is 4.97. The summed E-state index contributed by atoms with van der Waals surface area (Å²) in [5.74, 6) is 0. The maximum absolute atomic E-state index is 9.59. The molecule has 0 aliphatic rings. The van der Waals surface area contributed by atoms with Gasteiger partial charge in [0.1, 0.15) is 0 Å². The molecular weight excluding hydrogens is 145 g/mol. The summed E-state index contributed by atoms with van der Waals surface area (Å²) in [6.45, 7) is 0. The Hall–Kier alpha value is 0.149. The predicted molar refractivity (Wildman–Crippen MR) is 24.6 cm³/mol. The van der Waals surface area contributed by atoms with Gasteiger partial charge in [0.2, 0.25) is 0 Å². The fraction of sp³-hybridized carbons (Fsp3) is 0.667. The number of hydrogen-bond donors (Lipinski definition) is 1. The number of carbonyl (C=O) groups is 1. The summed E-state index contributed by atoms with van der Waals surface area (Å²) < 4.78 is 0. The van der Waals surface area contributed by atoms with E-state index in [1.54, 1.807) is 0 Å². The molecule has 0 fully saturated rings. The molecule has 3 heteroatoms. The summed E-state index contributed by atoms with van der Waals surface area (Å²) >= 11 is 2.64. The first-order valence-corrected chi connectivity index (χ1v) is 2.81. The van der Waals surface area contributed by atoms with Crippen molar-refractivity contribution < 1.29 is 4.79 Å². The van der Waals surface area contributed by atoms with Crippen LogP contribution in [0.4, 0.5) is 0 Å². The quantitative estimate of drug-likeness (QED) is 0.410. The van der Waals surface area contributed by atoms with E-state index in [0.717, 1.165) is 6.29 Å². The number of hydrogen-bond acceptors (Lipinski definition) is 2. The summed E-state index contributed by atoms with van der Waals surface area (Å²) in [6.07, 6.45) is 0.719. The van der Waals surface area contributed by atoms with Crippen LogP contribution in [0.2, 0.25) is 5.32 Å². The summed E-state index contributed by atoms with van der Waals surface area (Å²) in [4.78, 5) is 9.59. The Kier molecular flexibility index (Phi) is 3.43. The van der Waals surface area contributed by atoms with Gasteiger partial charge in [0.05, 0.1) is 0 Å². The fourth-order valence-corrected chi connectivity index (χ4v) is 0.204. The second-order valence-corrected chi connectivity index (χ2v) is 1.67. The molecule has 0 rings (SSSR count). The number of aldehydes is 1. The van der Waals surface area contributed by atoms with Gasteiger partial charge in [-0.2, -0.15) is 0 Å². The Morgan fingerprint density at radius 1 is 2.00 bits per heavy atom. The molecule has 0 saturated carbocycles. The van der Waals surface area contributed by atoms with Crippen LogP contribution in [0.15, 0.2) is 0 Å². The normalized spacial score (nSPS) is 13.7. The van der Waals surface area contributed by atoms with Crippen LogP contribution in [0, 0.1) is 0 Å². The standard InChI is InChI=1S/C3H6NOSe/c4-3(1-5)2-6/h1,3H,2,4H2. The average Bonchev–Trinajstić information content (AvgIpc) is 1.65. The molecule has 0 spiro atoms. The molecule has 35 valence electrons. The molecule has 0 aliphatic carbocycles. The molecular formula is C3H6NOSe. The zero-order valence-electron chi connectivity index (χ0n) is 3.26. The SMILES string of the molecule is NC(C=O)C[Se]. The summed E-state index contributed by atoms with van der Waals surface area (Å²) in [5.41, 5.74) is 5.07. The molecule has 0 aromatic carbocycles. The topological polar surface area (TPSA) is 43.1 Å². The van der Waals surface area contributed by atoms with Gasteiger partial charge in [0.15, 0.2) is 0 Å². The second kappa shape index (κ2) is 3.34. The average molecular weight is 151 g/mol. The van der Waals surface area contributed by atoms with Crippen LogP contribution in [-0.2, 0) is 4.79 Å². The molecule has 2 N–H and O–H groups in total. The summed E-state index contributed by atoms with van der Waals surface area (Å²) in [6, 6.07) is -0.301. The first-order valence-electron chi connectivity index (χ1n) is 1.60. The molecule has 0 heterocycles. The number of rotatable bonds is 2. The van der Waals surface area contributed by atoms with E-state index in [1.165, 1.54) is 0 Å². The van der Waals surface area contributed by atoms with Crippen molar-refractivity contribution in [2.45, 2.75) is 11.4 Å². The van der Waals surface area contributed by atoms with E-state index in [2.05, 4.69) is 16.0 Å². The van der Waals surface area contributed by atoms with Gasteiger partial charge >= 0.3 is 44.2 Å². The van der Waals surface area contributed by atoms with E-state index >= 15 is 0 Å². The monoisotopic (exact) mass is 152 g/mol. The molecule has 1 unspecified atom stereocenters. The fourth-order valence-electron chi connectivity index (χ4n) is 0.0393.